The summed E-state index contributed by atoms with van der Waals surface area (Å²) in [5.74, 6) is 0.583. The van der Waals surface area contributed by atoms with Gasteiger partial charge in [0.05, 0.1) is 12.3 Å². The minimum atomic E-state index is -3.09. The van der Waals surface area contributed by atoms with Crippen molar-refractivity contribution < 1.29 is 8.42 Å². The maximum absolute atomic E-state index is 11.6. The van der Waals surface area contributed by atoms with E-state index in [1.54, 1.807) is 14.0 Å². The first-order valence-corrected chi connectivity index (χ1v) is 9.73. The zero-order valence-corrected chi connectivity index (χ0v) is 17.6. The predicted molar refractivity (Wildman–Crippen MR) is 107 cm³/mol. The molecule has 1 aliphatic heterocycles. The van der Waals surface area contributed by atoms with Gasteiger partial charge in [-0.25, -0.2) is 12.7 Å². The molecule has 9 heteroatoms. The quantitative estimate of drug-likeness (QED) is 0.228. The lowest BCUT2D eigenvalue weighted by Gasteiger charge is -2.21. The molecule has 1 fully saturated rings. The van der Waals surface area contributed by atoms with Crippen molar-refractivity contribution in [3.05, 3.63) is 0 Å². The van der Waals surface area contributed by atoms with Gasteiger partial charge in [0.15, 0.2) is 5.96 Å². The van der Waals surface area contributed by atoms with Crippen LogP contribution in [0, 0.1) is 0 Å². The van der Waals surface area contributed by atoms with Crippen molar-refractivity contribution in [1.29, 1.82) is 0 Å². The molecule has 1 aliphatic rings. The highest BCUT2D eigenvalue weighted by atomic mass is 127. The van der Waals surface area contributed by atoms with Gasteiger partial charge in [-0.2, -0.15) is 0 Å². The van der Waals surface area contributed by atoms with Crippen LogP contribution in [-0.2, 0) is 10.0 Å². The van der Waals surface area contributed by atoms with Crippen molar-refractivity contribution in [1.82, 2.24) is 14.5 Å². The van der Waals surface area contributed by atoms with E-state index in [0.29, 0.717) is 31.5 Å². The second-order valence-corrected chi connectivity index (χ2v) is 8.02. The summed E-state index contributed by atoms with van der Waals surface area (Å²) in [7, 11) is -1.48. The van der Waals surface area contributed by atoms with E-state index in [4.69, 9.17) is 5.73 Å². The average molecular weight is 461 g/mol. The number of aliphatic imine (C=N–C) groups is 1. The Morgan fingerprint density at radius 1 is 1.43 bits per heavy atom. The summed E-state index contributed by atoms with van der Waals surface area (Å²) in [6.07, 6.45) is 3.13. The number of sulfonamides is 1. The standard InChI is InChI=1S/C14H31N5O2S.HI/c1-4-19-11-6-8-13(19)12-17-14(15)16-9-7-10-18(3)22(20,21)5-2;/h13H,4-12H2,1-3H3,(H3,15,16,17);1H. The third kappa shape index (κ3) is 7.99. The van der Waals surface area contributed by atoms with Crippen LogP contribution in [0.25, 0.3) is 0 Å². The van der Waals surface area contributed by atoms with E-state index in [-0.39, 0.29) is 29.7 Å². The van der Waals surface area contributed by atoms with Crippen LogP contribution in [0.1, 0.15) is 33.1 Å². The molecule has 1 heterocycles. The zero-order chi connectivity index (χ0) is 16.6. The summed E-state index contributed by atoms with van der Waals surface area (Å²) in [6, 6.07) is 0.506. The fourth-order valence-corrected chi connectivity index (χ4v) is 3.50. The highest BCUT2D eigenvalue weighted by molar-refractivity contribution is 14.0. The molecule has 0 bridgehead atoms. The van der Waals surface area contributed by atoms with Crippen LogP contribution < -0.4 is 11.1 Å². The molecule has 1 atom stereocenters. The number of likely N-dealkylation sites (tertiary alicyclic amines) is 1. The topological polar surface area (TPSA) is 91.0 Å². The first-order chi connectivity index (χ1) is 10.4. The largest absolute Gasteiger partial charge is 0.370 e. The van der Waals surface area contributed by atoms with Crippen LogP contribution >= 0.6 is 24.0 Å². The highest BCUT2D eigenvalue weighted by Gasteiger charge is 2.22. The van der Waals surface area contributed by atoms with Crippen LogP contribution in [-0.4, -0.2) is 75.1 Å². The van der Waals surface area contributed by atoms with Crippen molar-refractivity contribution in [3.63, 3.8) is 0 Å². The minimum absolute atomic E-state index is 0. The number of rotatable bonds is 9. The third-order valence-electron chi connectivity index (χ3n) is 4.17. The normalized spacial score (nSPS) is 19.8. The Hall–Kier alpha value is -0.130. The maximum atomic E-state index is 11.6. The summed E-state index contributed by atoms with van der Waals surface area (Å²) in [4.78, 5) is 6.83. The summed E-state index contributed by atoms with van der Waals surface area (Å²) in [6.45, 7) is 7.89. The smallest absolute Gasteiger partial charge is 0.213 e. The number of halogens is 1. The molecular weight excluding hydrogens is 429 g/mol. The van der Waals surface area contributed by atoms with Gasteiger partial charge in [-0.15, -0.1) is 24.0 Å². The van der Waals surface area contributed by atoms with E-state index in [2.05, 4.69) is 22.1 Å². The van der Waals surface area contributed by atoms with Crippen LogP contribution in [0.5, 0.6) is 0 Å². The predicted octanol–water partition coefficient (Wildman–Crippen LogP) is 0.665. The molecule has 1 saturated heterocycles. The molecule has 0 radical (unpaired) electrons. The zero-order valence-electron chi connectivity index (χ0n) is 14.5. The van der Waals surface area contributed by atoms with Crippen molar-refractivity contribution in [2.75, 3.05) is 45.5 Å². The van der Waals surface area contributed by atoms with Gasteiger partial charge in [-0.1, -0.05) is 6.92 Å². The molecule has 3 N–H and O–H groups in total. The van der Waals surface area contributed by atoms with Crippen molar-refractivity contribution in [2.24, 2.45) is 10.7 Å². The monoisotopic (exact) mass is 461 g/mol. The van der Waals surface area contributed by atoms with Gasteiger partial charge < -0.3 is 11.1 Å². The molecule has 0 aromatic heterocycles. The van der Waals surface area contributed by atoms with Crippen molar-refractivity contribution in [2.45, 2.75) is 39.2 Å². The van der Waals surface area contributed by atoms with Gasteiger partial charge >= 0.3 is 0 Å². The number of hydrogen-bond donors (Lipinski definition) is 2. The molecule has 7 nitrogen and oxygen atoms in total. The van der Waals surface area contributed by atoms with E-state index in [9.17, 15) is 8.42 Å². The molecule has 0 aromatic rings. The molecular formula is C14H32IN5O2S. The molecule has 0 aliphatic carbocycles. The number of nitrogens with two attached hydrogens (primary N) is 1. The Morgan fingerprint density at radius 2 is 2.13 bits per heavy atom. The van der Waals surface area contributed by atoms with Gasteiger partial charge in [-0.05, 0) is 39.3 Å². The number of nitrogens with zero attached hydrogens (tertiary/aromatic N) is 3. The second kappa shape index (κ2) is 11.4. The number of nitrogens with one attached hydrogen (secondary N) is 1. The lowest BCUT2D eigenvalue weighted by atomic mass is 10.2. The van der Waals surface area contributed by atoms with Crippen LogP contribution in [0.4, 0.5) is 0 Å². The van der Waals surface area contributed by atoms with Gasteiger partial charge in [0, 0.05) is 26.2 Å². The van der Waals surface area contributed by atoms with Crippen LogP contribution in [0.2, 0.25) is 0 Å². The molecule has 0 saturated carbocycles. The summed E-state index contributed by atoms with van der Waals surface area (Å²) < 4.78 is 24.6. The minimum Gasteiger partial charge on any atom is -0.370 e. The van der Waals surface area contributed by atoms with Gasteiger partial charge in [-0.3, -0.25) is 9.89 Å². The fourth-order valence-electron chi connectivity index (χ4n) is 2.66. The number of guanidine groups is 1. The average Bonchev–Trinajstić information content (AvgIpc) is 2.96. The Labute approximate surface area is 158 Å². The lowest BCUT2D eigenvalue weighted by molar-refractivity contribution is 0.273. The van der Waals surface area contributed by atoms with Crippen molar-refractivity contribution in [3.8, 4) is 0 Å². The number of likely N-dealkylation sites (N-methyl/N-ethyl adjacent to an activating group) is 1. The Bertz CT molecular complexity index is 458. The lowest BCUT2D eigenvalue weighted by Crippen LogP contribution is -2.37. The Morgan fingerprint density at radius 3 is 2.74 bits per heavy atom. The first kappa shape index (κ1) is 22.9. The van der Waals surface area contributed by atoms with E-state index in [1.165, 1.54) is 17.1 Å². The molecule has 1 unspecified atom stereocenters. The number of hydrogen-bond acceptors (Lipinski definition) is 4. The van der Waals surface area contributed by atoms with E-state index >= 15 is 0 Å². The molecule has 1 rings (SSSR count). The Balaban J connectivity index is 0.00000484. The second-order valence-electron chi connectivity index (χ2n) is 5.65. The van der Waals surface area contributed by atoms with Gasteiger partial charge in [0.2, 0.25) is 10.0 Å². The highest BCUT2D eigenvalue weighted by Crippen LogP contribution is 2.16. The first-order valence-electron chi connectivity index (χ1n) is 8.12. The maximum Gasteiger partial charge on any atom is 0.213 e. The molecule has 23 heavy (non-hydrogen) atoms. The summed E-state index contributed by atoms with van der Waals surface area (Å²) in [5.41, 5.74) is 5.86. The van der Waals surface area contributed by atoms with Crippen molar-refractivity contribution >= 4 is 40.0 Å². The van der Waals surface area contributed by atoms with Gasteiger partial charge in [0.1, 0.15) is 0 Å². The van der Waals surface area contributed by atoms with E-state index in [0.717, 1.165) is 19.6 Å². The molecule has 0 amide bonds. The molecule has 0 spiro atoms. The van der Waals surface area contributed by atoms with Crippen LogP contribution in [0.3, 0.4) is 0 Å². The fraction of sp³-hybridized carbons (Fsp3) is 0.929. The van der Waals surface area contributed by atoms with E-state index in [1.807, 2.05) is 0 Å². The Kier molecular flexibility index (Phi) is 11.4. The van der Waals surface area contributed by atoms with Gasteiger partial charge in [0.25, 0.3) is 0 Å². The molecule has 0 aromatic carbocycles. The van der Waals surface area contributed by atoms with E-state index < -0.39 is 10.0 Å². The SMILES string of the molecule is CCN1CCCC1CN=C(N)NCCCN(C)S(=O)(=O)CC.I. The molecule has 138 valence electrons. The van der Waals surface area contributed by atoms with Crippen LogP contribution in [0.15, 0.2) is 4.99 Å². The third-order valence-corrected chi connectivity index (χ3v) is 6.04. The summed E-state index contributed by atoms with van der Waals surface area (Å²) >= 11 is 0. The summed E-state index contributed by atoms with van der Waals surface area (Å²) in [5, 5.41) is 3.05.